The van der Waals surface area contributed by atoms with Gasteiger partial charge < -0.3 is 10.5 Å². The van der Waals surface area contributed by atoms with E-state index >= 15 is 0 Å². The lowest BCUT2D eigenvalue weighted by molar-refractivity contribution is 0.306. The van der Waals surface area contributed by atoms with Gasteiger partial charge in [-0.15, -0.1) is 0 Å². The summed E-state index contributed by atoms with van der Waals surface area (Å²) in [5.74, 6) is 0.523. The molecule has 0 unspecified atom stereocenters. The Morgan fingerprint density at radius 2 is 1.68 bits per heavy atom. The normalized spacial score (nSPS) is 10.5. The SMILES string of the molecule is Nc1ccc(COc2ccc(Cl)cc2Cl)c(Cl)c1Cl. The summed E-state index contributed by atoms with van der Waals surface area (Å²) in [6.45, 7) is 0.236. The van der Waals surface area contributed by atoms with Crippen molar-refractivity contribution in [1.82, 2.24) is 0 Å². The van der Waals surface area contributed by atoms with Crippen LogP contribution in [-0.2, 0) is 6.61 Å². The Labute approximate surface area is 131 Å². The van der Waals surface area contributed by atoms with Crippen LogP contribution in [0.5, 0.6) is 5.75 Å². The number of benzene rings is 2. The van der Waals surface area contributed by atoms with E-state index in [-0.39, 0.29) is 6.61 Å². The van der Waals surface area contributed by atoms with Gasteiger partial charge in [0, 0.05) is 10.6 Å². The zero-order chi connectivity index (χ0) is 14.0. The number of hydrogen-bond donors (Lipinski definition) is 1. The Morgan fingerprint density at radius 1 is 0.947 bits per heavy atom. The fourth-order valence-corrected chi connectivity index (χ4v) is 2.34. The molecule has 0 spiro atoms. The van der Waals surface area contributed by atoms with Crippen molar-refractivity contribution in [3.8, 4) is 5.75 Å². The van der Waals surface area contributed by atoms with E-state index in [1.54, 1.807) is 30.3 Å². The van der Waals surface area contributed by atoms with Gasteiger partial charge in [0.2, 0.25) is 0 Å². The lowest BCUT2D eigenvalue weighted by atomic mass is 10.2. The van der Waals surface area contributed by atoms with Crippen LogP contribution in [0.25, 0.3) is 0 Å². The minimum absolute atomic E-state index is 0.236. The molecule has 0 saturated carbocycles. The quantitative estimate of drug-likeness (QED) is 0.755. The van der Waals surface area contributed by atoms with Gasteiger partial charge in [-0.3, -0.25) is 0 Å². The Bertz CT molecular complexity index is 616. The second-order valence-electron chi connectivity index (χ2n) is 3.81. The third-order valence-corrected chi connectivity index (χ3v) is 3.94. The van der Waals surface area contributed by atoms with Crippen molar-refractivity contribution in [2.75, 3.05) is 5.73 Å². The monoisotopic (exact) mass is 335 g/mol. The molecule has 0 radical (unpaired) electrons. The van der Waals surface area contributed by atoms with E-state index in [1.807, 2.05) is 0 Å². The number of ether oxygens (including phenoxy) is 1. The maximum absolute atomic E-state index is 6.08. The van der Waals surface area contributed by atoms with E-state index in [4.69, 9.17) is 56.9 Å². The standard InChI is InChI=1S/C13H9Cl4NO/c14-8-2-4-11(9(15)5-8)19-6-7-1-3-10(18)13(17)12(7)16/h1-5H,6,18H2. The molecule has 0 atom stereocenters. The molecule has 19 heavy (non-hydrogen) atoms. The zero-order valence-electron chi connectivity index (χ0n) is 9.59. The maximum Gasteiger partial charge on any atom is 0.138 e. The predicted octanol–water partition coefficient (Wildman–Crippen LogP) is 5.46. The summed E-state index contributed by atoms with van der Waals surface area (Å²) in [7, 11) is 0. The van der Waals surface area contributed by atoms with Gasteiger partial charge in [0.15, 0.2) is 0 Å². The predicted molar refractivity (Wildman–Crippen MR) is 81.7 cm³/mol. The van der Waals surface area contributed by atoms with Gasteiger partial charge in [0.05, 0.1) is 20.8 Å². The highest BCUT2D eigenvalue weighted by Crippen LogP contribution is 2.33. The van der Waals surface area contributed by atoms with Crippen molar-refractivity contribution in [3.05, 3.63) is 56.0 Å². The first-order valence-corrected chi connectivity index (χ1v) is 6.80. The molecular weight excluding hydrogens is 328 g/mol. The van der Waals surface area contributed by atoms with Crippen LogP contribution >= 0.6 is 46.4 Å². The summed E-state index contributed by atoms with van der Waals surface area (Å²) < 4.78 is 5.58. The van der Waals surface area contributed by atoms with Crippen molar-refractivity contribution in [2.45, 2.75) is 6.61 Å². The lowest BCUT2D eigenvalue weighted by Gasteiger charge is -2.11. The van der Waals surface area contributed by atoms with E-state index in [9.17, 15) is 0 Å². The lowest BCUT2D eigenvalue weighted by Crippen LogP contribution is -1.98. The molecule has 0 heterocycles. The van der Waals surface area contributed by atoms with Crippen LogP contribution < -0.4 is 10.5 Å². The number of halogens is 4. The third-order valence-electron chi connectivity index (χ3n) is 2.47. The van der Waals surface area contributed by atoms with E-state index in [0.29, 0.717) is 31.5 Å². The highest BCUT2D eigenvalue weighted by molar-refractivity contribution is 6.44. The molecule has 2 rings (SSSR count). The number of nitrogen functional groups attached to an aromatic ring is 1. The molecule has 6 heteroatoms. The first kappa shape index (κ1) is 14.6. The van der Waals surface area contributed by atoms with Crippen LogP contribution in [0.2, 0.25) is 20.1 Å². The van der Waals surface area contributed by atoms with Crippen LogP contribution in [0.3, 0.4) is 0 Å². The van der Waals surface area contributed by atoms with Gasteiger partial charge >= 0.3 is 0 Å². The Balaban J connectivity index is 2.17. The highest BCUT2D eigenvalue weighted by atomic mass is 35.5. The molecule has 0 aliphatic carbocycles. The molecule has 2 nitrogen and oxygen atoms in total. The molecule has 2 aromatic rings. The first-order valence-electron chi connectivity index (χ1n) is 5.29. The maximum atomic E-state index is 6.08. The fourth-order valence-electron chi connectivity index (χ4n) is 1.46. The van der Waals surface area contributed by atoms with Crippen LogP contribution in [0.4, 0.5) is 5.69 Å². The van der Waals surface area contributed by atoms with Crippen molar-refractivity contribution in [3.63, 3.8) is 0 Å². The molecule has 0 aliphatic rings. The first-order chi connectivity index (χ1) is 8.99. The molecule has 0 aromatic heterocycles. The molecule has 0 aliphatic heterocycles. The Morgan fingerprint density at radius 3 is 2.37 bits per heavy atom. The summed E-state index contributed by atoms with van der Waals surface area (Å²) in [6.07, 6.45) is 0. The number of hydrogen-bond acceptors (Lipinski definition) is 2. The van der Waals surface area contributed by atoms with Gasteiger partial charge in [-0.1, -0.05) is 52.5 Å². The molecule has 100 valence electrons. The number of rotatable bonds is 3. The van der Waals surface area contributed by atoms with Crippen molar-refractivity contribution < 1.29 is 4.74 Å². The van der Waals surface area contributed by atoms with E-state index in [2.05, 4.69) is 0 Å². The second-order valence-corrected chi connectivity index (χ2v) is 5.40. The second kappa shape index (κ2) is 6.10. The summed E-state index contributed by atoms with van der Waals surface area (Å²) in [6, 6.07) is 8.43. The van der Waals surface area contributed by atoms with E-state index in [1.165, 1.54) is 0 Å². The van der Waals surface area contributed by atoms with E-state index in [0.717, 1.165) is 5.56 Å². The van der Waals surface area contributed by atoms with Gasteiger partial charge in [-0.2, -0.15) is 0 Å². The van der Waals surface area contributed by atoms with Crippen LogP contribution in [0, 0.1) is 0 Å². The summed E-state index contributed by atoms with van der Waals surface area (Å²) in [5, 5.41) is 1.69. The van der Waals surface area contributed by atoms with Crippen LogP contribution in [-0.4, -0.2) is 0 Å². The summed E-state index contributed by atoms with van der Waals surface area (Å²) in [5.41, 5.74) is 6.80. The average molecular weight is 337 g/mol. The minimum atomic E-state index is 0.236. The number of anilines is 1. The van der Waals surface area contributed by atoms with Gasteiger partial charge in [-0.05, 0) is 24.3 Å². The topological polar surface area (TPSA) is 35.2 Å². The minimum Gasteiger partial charge on any atom is -0.487 e. The molecule has 0 saturated heterocycles. The number of nitrogens with two attached hydrogens (primary N) is 1. The molecule has 0 fully saturated rings. The smallest absolute Gasteiger partial charge is 0.138 e. The molecule has 0 bridgehead atoms. The van der Waals surface area contributed by atoms with Crippen molar-refractivity contribution >= 4 is 52.1 Å². The summed E-state index contributed by atoms with van der Waals surface area (Å²) >= 11 is 23.9. The van der Waals surface area contributed by atoms with Gasteiger partial charge in [0.1, 0.15) is 12.4 Å². The Kier molecular flexibility index (Phi) is 4.69. The van der Waals surface area contributed by atoms with Crippen LogP contribution in [0.1, 0.15) is 5.56 Å². The Hall–Kier alpha value is -0.800. The van der Waals surface area contributed by atoms with E-state index < -0.39 is 0 Å². The van der Waals surface area contributed by atoms with Crippen molar-refractivity contribution in [2.24, 2.45) is 0 Å². The summed E-state index contributed by atoms with van der Waals surface area (Å²) in [4.78, 5) is 0. The molecular formula is C13H9Cl4NO. The zero-order valence-corrected chi connectivity index (χ0v) is 12.6. The van der Waals surface area contributed by atoms with Crippen molar-refractivity contribution in [1.29, 1.82) is 0 Å². The van der Waals surface area contributed by atoms with Gasteiger partial charge in [-0.25, -0.2) is 0 Å². The van der Waals surface area contributed by atoms with Crippen LogP contribution in [0.15, 0.2) is 30.3 Å². The molecule has 2 aromatic carbocycles. The van der Waals surface area contributed by atoms with Gasteiger partial charge in [0.25, 0.3) is 0 Å². The third kappa shape index (κ3) is 3.40. The fraction of sp³-hybridized carbons (Fsp3) is 0.0769. The molecule has 2 N–H and O–H groups in total. The largest absolute Gasteiger partial charge is 0.487 e. The molecule has 0 amide bonds. The average Bonchev–Trinajstić information content (AvgIpc) is 2.37. The highest BCUT2D eigenvalue weighted by Gasteiger charge is 2.09.